The Labute approximate surface area is 112 Å². The Kier molecular flexibility index (Phi) is 5.58. The second-order valence-electron chi connectivity index (χ2n) is 6.31. The first-order valence-electron chi connectivity index (χ1n) is 7.00. The van der Waals surface area contributed by atoms with Gasteiger partial charge in [-0.25, -0.2) is 0 Å². The number of piperazine rings is 1. The first kappa shape index (κ1) is 15.4. The Morgan fingerprint density at radius 1 is 1.22 bits per heavy atom. The number of nitrogens with zero attached hydrogens (tertiary/aromatic N) is 3. The lowest BCUT2D eigenvalue weighted by Crippen LogP contribution is -2.52. The van der Waals surface area contributed by atoms with Gasteiger partial charge in [0.05, 0.1) is 6.07 Å². The van der Waals surface area contributed by atoms with Crippen LogP contribution in [0.4, 0.5) is 0 Å². The lowest BCUT2D eigenvalue weighted by atomic mass is 9.95. The Morgan fingerprint density at radius 3 is 2.22 bits per heavy atom. The number of rotatable bonds is 5. The summed E-state index contributed by atoms with van der Waals surface area (Å²) in [7, 11) is 0. The summed E-state index contributed by atoms with van der Waals surface area (Å²) < 4.78 is 0. The van der Waals surface area contributed by atoms with Crippen LogP contribution in [-0.4, -0.2) is 54.1 Å². The van der Waals surface area contributed by atoms with E-state index in [-0.39, 0.29) is 0 Å². The third-order valence-electron chi connectivity index (χ3n) is 3.63. The molecule has 2 unspecified atom stereocenters. The van der Waals surface area contributed by atoms with Crippen LogP contribution in [0.3, 0.4) is 0 Å². The van der Waals surface area contributed by atoms with Crippen molar-refractivity contribution >= 4 is 0 Å². The summed E-state index contributed by atoms with van der Waals surface area (Å²) in [5.74, 6) is 0.736. The Morgan fingerprint density at radius 2 is 1.78 bits per heavy atom. The van der Waals surface area contributed by atoms with Gasteiger partial charge < -0.3 is 10.6 Å². The monoisotopic (exact) mass is 252 g/mol. The van der Waals surface area contributed by atoms with Crippen LogP contribution in [0, 0.1) is 17.2 Å². The van der Waals surface area contributed by atoms with Crippen LogP contribution in [0.15, 0.2) is 0 Å². The molecule has 0 aliphatic carbocycles. The van der Waals surface area contributed by atoms with Gasteiger partial charge >= 0.3 is 0 Å². The maximum absolute atomic E-state index is 8.98. The Bertz CT molecular complexity index is 285. The molecule has 1 aliphatic rings. The zero-order valence-electron chi connectivity index (χ0n) is 12.3. The summed E-state index contributed by atoms with van der Waals surface area (Å²) in [6.45, 7) is 14.2. The van der Waals surface area contributed by atoms with Gasteiger partial charge in [0.1, 0.15) is 5.54 Å². The molecule has 0 aromatic rings. The number of hydrogen-bond acceptors (Lipinski definition) is 4. The fourth-order valence-corrected chi connectivity index (χ4v) is 2.69. The van der Waals surface area contributed by atoms with E-state index in [1.807, 2.05) is 6.92 Å². The molecule has 0 saturated carbocycles. The van der Waals surface area contributed by atoms with Gasteiger partial charge in [0.2, 0.25) is 0 Å². The van der Waals surface area contributed by atoms with E-state index >= 15 is 0 Å². The molecule has 1 aliphatic heterocycles. The highest BCUT2D eigenvalue weighted by Gasteiger charge is 2.27. The van der Waals surface area contributed by atoms with Gasteiger partial charge in [-0.05, 0) is 26.2 Å². The van der Waals surface area contributed by atoms with E-state index < -0.39 is 5.54 Å². The third-order valence-corrected chi connectivity index (χ3v) is 3.63. The van der Waals surface area contributed by atoms with Crippen molar-refractivity contribution in [2.45, 2.75) is 45.7 Å². The van der Waals surface area contributed by atoms with Crippen molar-refractivity contribution in [3.05, 3.63) is 0 Å². The maximum atomic E-state index is 8.98. The predicted molar refractivity (Wildman–Crippen MR) is 75.1 cm³/mol. The summed E-state index contributed by atoms with van der Waals surface area (Å²) in [6, 6.07) is 2.58. The molecule has 0 bridgehead atoms. The number of hydrogen-bond donors (Lipinski definition) is 1. The van der Waals surface area contributed by atoms with Crippen molar-refractivity contribution in [2.75, 3.05) is 32.7 Å². The van der Waals surface area contributed by atoms with Gasteiger partial charge in [-0.2, -0.15) is 5.26 Å². The van der Waals surface area contributed by atoms with Crippen LogP contribution in [0.25, 0.3) is 0 Å². The van der Waals surface area contributed by atoms with Crippen molar-refractivity contribution in [3.8, 4) is 6.07 Å². The highest BCUT2D eigenvalue weighted by atomic mass is 15.3. The summed E-state index contributed by atoms with van der Waals surface area (Å²) in [5.41, 5.74) is 5.22. The summed E-state index contributed by atoms with van der Waals surface area (Å²) >= 11 is 0. The van der Waals surface area contributed by atoms with Gasteiger partial charge in [0.25, 0.3) is 0 Å². The topological polar surface area (TPSA) is 56.3 Å². The van der Waals surface area contributed by atoms with E-state index in [0.29, 0.717) is 6.04 Å². The molecule has 0 aromatic heterocycles. The van der Waals surface area contributed by atoms with Crippen molar-refractivity contribution in [3.63, 3.8) is 0 Å². The average molecular weight is 252 g/mol. The first-order chi connectivity index (χ1) is 8.34. The highest BCUT2D eigenvalue weighted by molar-refractivity contribution is 5.03. The van der Waals surface area contributed by atoms with Gasteiger partial charge in [0.15, 0.2) is 0 Å². The molecule has 2 atom stereocenters. The van der Waals surface area contributed by atoms with E-state index in [2.05, 4.69) is 36.6 Å². The van der Waals surface area contributed by atoms with Crippen molar-refractivity contribution < 1.29 is 0 Å². The molecule has 0 radical (unpaired) electrons. The smallest absolute Gasteiger partial charge is 0.102 e. The van der Waals surface area contributed by atoms with Gasteiger partial charge in [0, 0.05) is 38.8 Å². The summed E-state index contributed by atoms with van der Waals surface area (Å²) in [4.78, 5) is 4.99. The minimum Gasteiger partial charge on any atom is -0.314 e. The van der Waals surface area contributed by atoms with E-state index in [1.165, 1.54) is 6.54 Å². The molecule has 18 heavy (non-hydrogen) atoms. The van der Waals surface area contributed by atoms with Gasteiger partial charge in [-0.1, -0.05) is 13.8 Å². The molecule has 4 nitrogen and oxygen atoms in total. The molecule has 104 valence electrons. The Balaban J connectivity index is 2.36. The fraction of sp³-hybridized carbons (Fsp3) is 0.929. The average Bonchev–Trinajstić information content (AvgIpc) is 2.28. The highest BCUT2D eigenvalue weighted by Crippen LogP contribution is 2.15. The lowest BCUT2D eigenvalue weighted by Gasteiger charge is -2.39. The molecule has 0 aromatic carbocycles. The SMILES string of the molecule is CC(C)CN1CCN(C(C)CC(C)(N)C#N)CC1. The quantitative estimate of drug-likeness (QED) is 0.801. The largest absolute Gasteiger partial charge is 0.314 e. The van der Waals surface area contributed by atoms with Gasteiger partial charge in [-0.3, -0.25) is 4.90 Å². The third kappa shape index (κ3) is 4.93. The molecule has 0 amide bonds. The molecule has 2 N–H and O–H groups in total. The van der Waals surface area contributed by atoms with Crippen LogP contribution in [0.2, 0.25) is 0 Å². The van der Waals surface area contributed by atoms with Gasteiger partial charge in [-0.15, -0.1) is 0 Å². The molecule has 1 fully saturated rings. The van der Waals surface area contributed by atoms with Crippen LogP contribution >= 0.6 is 0 Å². The number of nitrogens with two attached hydrogens (primary N) is 1. The van der Waals surface area contributed by atoms with E-state index in [9.17, 15) is 0 Å². The van der Waals surface area contributed by atoms with E-state index in [0.717, 1.165) is 38.5 Å². The lowest BCUT2D eigenvalue weighted by molar-refractivity contribution is 0.0867. The molecular weight excluding hydrogens is 224 g/mol. The predicted octanol–water partition coefficient (Wildman–Crippen LogP) is 1.28. The van der Waals surface area contributed by atoms with Crippen LogP contribution < -0.4 is 5.73 Å². The fourth-order valence-electron chi connectivity index (χ4n) is 2.69. The zero-order chi connectivity index (χ0) is 13.8. The normalized spacial score (nSPS) is 23.6. The molecule has 1 heterocycles. The van der Waals surface area contributed by atoms with Crippen molar-refractivity contribution in [1.29, 1.82) is 5.26 Å². The maximum Gasteiger partial charge on any atom is 0.102 e. The van der Waals surface area contributed by atoms with Crippen molar-refractivity contribution in [1.82, 2.24) is 9.80 Å². The first-order valence-corrected chi connectivity index (χ1v) is 7.00. The molecule has 1 rings (SSSR count). The minimum atomic E-state index is -0.700. The van der Waals surface area contributed by atoms with E-state index in [4.69, 9.17) is 11.0 Å². The second kappa shape index (κ2) is 6.51. The molecule has 0 spiro atoms. The Hall–Kier alpha value is -0.630. The standard InChI is InChI=1S/C14H28N4/c1-12(2)10-17-5-7-18(8-6-17)13(3)9-14(4,16)11-15/h12-13H,5-10,16H2,1-4H3. The number of nitriles is 1. The van der Waals surface area contributed by atoms with Crippen molar-refractivity contribution in [2.24, 2.45) is 11.7 Å². The minimum absolute atomic E-state index is 0.390. The van der Waals surface area contributed by atoms with E-state index in [1.54, 1.807) is 0 Å². The zero-order valence-corrected chi connectivity index (χ0v) is 12.3. The van der Waals surface area contributed by atoms with Crippen LogP contribution in [0.5, 0.6) is 0 Å². The molecular formula is C14H28N4. The second-order valence-corrected chi connectivity index (χ2v) is 6.31. The molecule has 1 saturated heterocycles. The summed E-state index contributed by atoms with van der Waals surface area (Å²) in [6.07, 6.45) is 0.744. The van der Waals surface area contributed by atoms with Crippen LogP contribution in [0.1, 0.15) is 34.1 Å². The van der Waals surface area contributed by atoms with Crippen LogP contribution in [-0.2, 0) is 0 Å². The molecule has 4 heteroatoms. The summed E-state index contributed by atoms with van der Waals surface area (Å²) in [5, 5.41) is 8.98.